The summed E-state index contributed by atoms with van der Waals surface area (Å²) >= 11 is 0. The van der Waals surface area contributed by atoms with E-state index in [-0.39, 0.29) is 0 Å². The van der Waals surface area contributed by atoms with Gasteiger partial charge < -0.3 is 10.2 Å². The van der Waals surface area contributed by atoms with Gasteiger partial charge in [0.1, 0.15) is 5.82 Å². The zero-order valence-corrected chi connectivity index (χ0v) is 20.9. The molecule has 1 unspecified atom stereocenters. The first-order valence-corrected chi connectivity index (χ1v) is 12.4. The molecule has 0 aliphatic carbocycles. The molecule has 2 aromatic heterocycles. The molecule has 176 valence electrons. The lowest BCUT2D eigenvalue weighted by Crippen LogP contribution is -2.44. The Morgan fingerprint density at radius 3 is 2.56 bits per heavy atom. The van der Waals surface area contributed by atoms with E-state index >= 15 is 0 Å². The van der Waals surface area contributed by atoms with Crippen molar-refractivity contribution in [2.24, 2.45) is 7.05 Å². The second-order valence-electron chi connectivity index (χ2n) is 8.12. The monoisotopic (exact) mass is 474 g/mol. The van der Waals surface area contributed by atoms with Crippen LogP contribution < -0.4 is 14.5 Å². The van der Waals surface area contributed by atoms with Crippen LogP contribution in [0.5, 0.6) is 0 Å². The van der Waals surface area contributed by atoms with Gasteiger partial charge in [-0.2, -0.15) is 5.10 Å². The van der Waals surface area contributed by atoms with Gasteiger partial charge in [0.2, 0.25) is 0 Å². The number of hydrogen-bond acceptors (Lipinski definition) is 5. The summed E-state index contributed by atoms with van der Waals surface area (Å²) in [5.41, 5.74) is 4.45. The van der Waals surface area contributed by atoms with Crippen LogP contribution in [0.3, 0.4) is 0 Å². The number of rotatable bonds is 6. The van der Waals surface area contributed by atoms with Gasteiger partial charge in [-0.1, -0.05) is 24.1 Å². The van der Waals surface area contributed by atoms with Gasteiger partial charge in [0.25, 0.3) is 0 Å². The third-order valence-electron chi connectivity index (χ3n) is 5.76. The lowest BCUT2D eigenvalue weighted by molar-refractivity contribution is 0.588. The molecule has 0 amide bonds. The molecule has 1 fully saturated rings. The Hall–Kier alpha value is -3.41. The minimum atomic E-state index is -1.56. The average molecular weight is 475 g/mol. The van der Waals surface area contributed by atoms with Crippen molar-refractivity contribution in [3.05, 3.63) is 71.7 Å². The van der Waals surface area contributed by atoms with Gasteiger partial charge in [-0.25, -0.2) is 13.5 Å². The molecule has 3 aromatic rings. The SMILES string of the molecule is CC#C/C(C)=C(\c1cnn(C)c1)N(c1nccc(N2CCNCC2)c1C)S(=O)c1ccccc1. The number of aryl methyl sites for hydroxylation is 1. The Balaban J connectivity index is 1.94. The van der Waals surface area contributed by atoms with Crippen LogP contribution in [-0.4, -0.2) is 45.2 Å². The van der Waals surface area contributed by atoms with E-state index in [9.17, 15) is 4.21 Å². The van der Waals surface area contributed by atoms with E-state index in [0.29, 0.717) is 10.7 Å². The van der Waals surface area contributed by atoms with Crippen LogP contribution in [0.2, 0.25) is 0 Å². The summed E-state index contributed by atoms with van der Waals surface area (Å²) in [5.74, 6) is 6.82. The highest BCUT2D eigenvalue weighted by Crippen LogP contribution is 2.36. The highest BCUT2D eigenvalue weighted by Gasteiger charge is 2.28. The molecule has 1 aliphatic rings. The molecule has 7 nitrogen and oxygen atoms in total. The molecule has 4 rings (SSSR count). The van der Waals surface area contributed by atoms with Crippen LogP contribution in [-0.2, 0) is 18.0 Å². The Kier molecular flexibility index (Phi) is 7.46. The van der Waals surface area contributed by atoms with Crippen molar-refractivity contribution in [1.29, 1.82) is 0 Å². The number of nitrogens with one attached hydrogen (secondary N) is 1. The van der Waals surface area contributed by atoms with Crippen molar-refractivity contribution < 1.29 is 4.21 Å². The van der Waals surface area contributed by atoms with Crippen molar-refractivity contribution in [1.82, 2.24) is 20.1 Å². The van der Waals surface area contributed by atoms with Crippen LogP contribution in [0, 0.1) is 18.8 Å². The van der Waals surface area contributed by atoms with Crippen LogP contribution >= 0.6 is 0 Å². The lowest BCUT2D eigenvalue weighted by atomic mass is 10.1. The summed E-state index contributed by atoms with van der Waals surface area (Å²) in [6, 6.07) is 11.5. The van der Waals surface area contributed by atoms with Crippen LogP contribution in [0.4, 0.5) is 11.5 Å². The fourth-order valence-corrected chi connectivity index (χ4v) is 5.50. The summed E-state index contributed by atoms with van der Waals surface area (Å²) in [6.07, 6.45) is 5.50. The van der Waals surface area contributed by atoms with Crippen molar-refractivity contribution >= 4 is 28.2 Å². The number of benzene rings is 1. The van der Waals surface area contributed by atoms with Crippen molar-refractivity contribution in [3.63, 3.8) is 0 Å². The standard InChI is InChI=1S/C26H30N6OS/c1-5-9-20(2)25(22-18-29-30(4)19-22)32(34(33)23-10-7-6-8-11-23)26-21(3)24(12-13-28-26)31-16-14-27-15-17-31/h6-8,10-13,18-19,27H,14-17H2,1-4H3/b25-20+. The Morgan fingerprint density at radius 1 is 1.18 bits per heavy atom. The minimum Gasteiger partial charge on any atom is -0.369 e. The number of nitrogens with zero attached hydrogens (tertiary/aromatic N) is 5. The minimum absolute atomic E-state index is 0.648. The van der Waals surface area contributed by atoms with E-state index in [1.165, 1.54) is 0 Å². The zero-order valence-electron chi connectivity index (χ0n) is 20.1. The van der Waals surface area contributed by atoms with Gasteiger partial charge in [0.15, 0.2) is 11.0 Å². The van der Waals surface area contributed by atoms with Gasteiger partial charge in [0, 0.05) is 68.0 Å². The summed E-state index contributed by atoms with van der Waals surface area (Å²) < 4.78 is 17.7. The highest BCUT2D eigenvalue weighted by molar-refractivity contribution is 7.87. The molecule has 0 saturated carbocycles. The van der Waals surface area contributed by atoms with Gasteiger partial charge in [-0.3, -0.25) is 4.68 Å². The molecule has 1 aliphatic heterocycles. The molecule has 1 saturated heterocycles. The normalized spacial score (nSPS) is 15.2. The summed E-state index contributed by atoms with van der Waals surface area (Å²) in [7, 11) is 0.306. The molecule has 1 aromatic carbocycles. The van der Waals surface area contributed by atoms with Gasteiger partial charge in [-0.15, -0.1) is 5.92 Å². The first-order chi connectivity index (χ1) is 16.5. The molecular weight excluding hydrogens is 444 g/mol. The van der Waals surface area contributed by atoms with Crippen molar-refractivity contribution in [2.75, 3.05) is 35.4 Å². The first-order valence-electron chi connectivity index (χ1n) is 11.3. The van der Waals surface area contributed by atoms with Crippen molar-refractivity contribution in [3.8, 4) is 11.8 Å². The van der Waals surface area contributed by atoms with E-state index in [2.05, 4.69) is 34.1 Å². The van der Waals surface area contributed by atoms with Crippen molar-refractivity contribution in [2.45, 2.75) is 25.7 Å². The molecule has 0 spiro atoms. The van der Waals surface area contributed by atoms with E-state index < -0.39 is 11.0 Å². The molecule has 0 bridgehead atoms. The van der Waals surface area contributed by atoms with Gasteiger partial charge in [0.05, 0.1) is 16.8 Å². The molecule has 8 heteroatoms. The number of anilines is 2. The summed E-state index contributed by atoms with van der Waals surface area (Å²) in [6.45, 7) is 9.50. The van der Waals surface area contributed by atoms with E-state index in [1.54, 1.807) is 24.0 Å². The topological polar surface area (TPSA) is 66.3 Å². The molecular formula is C26H30N6OS. The lowest BCUT2D eigenvalue weighted by Gasteiger charge is -2.33. The highest BCUT2D eigenvalue weighted by atomic mass is 32.2. The zero-order chi connectivity index (χ0) is 24.1. The average Bonchev–Trinajstić information content (AvgIpc) is 3.29. The molecule has 3 heterocycles. The summed E-state index contributed by atoms with van der Waals surface area (Å²) in [5, 5.41) is 7.78. The molecule has 1 N–H and O–H groups in total. The third kappa shape index (κ3) is 4.91. The first kappa shape index (κ1) is 23.7. The smallest absolute Gasteiger partial charge is 0.158 e. The Morgan fingerprint density at radius 2 is 1.91 bits per heavy atom. The maximum atomic E-state index is 14.2. The number of pyridine rings is 1. The fourth-order valence-electron chi connectivity index (χ4n) is 4.15. The van der Waals surface area contributed by atoms with Gasteiger partial charge in [-0.05, 0) is 39.0 Å². The number of hydrogen-bond donors (Lipinski definition) is 1. The van der Waals surface area contributed by atoms with E-state index in [0.717, 1.165) is 54.3 Å². The fraction of sp³-hybridized carbons (Fsp3) is 0.308. The van der Waals surface area contributed by atoms with Gasteiger partial charge >= 0.3 is 0 Å². The van der Waals surface area contributed by atoms with Crippen LogP contribution in [0.25, 0.3) is 5.70 Å². The maximum Gasteiger partial charge on any atom is 0.158 e. The number of allylic oxidation sites excluding steroid dienone is 1. The largest absolute Gasteiger partial charge is 0.369 e. The molecule has 0 radical (unpaired) electrons. The predicted octanol–water partition coefficient (Wildman–Crippen LogP) is 3.52. The summed E-state index contributed by atoms with van der Waals surface area (Å²) in [4.78, 5) is 7.80. The predicted molar refractivity (Wildman–Crippen MR) is 139 cm³/mol. The quantitative estimate of drug-likeness (QED) is 0.554. The van der Waals surface area contributed by atoms with Crippen LogP contribution in [0.15, 0.2) is 65.5 Å². The number of aromatic nitrogens is 3. The molecule has 1 atom stereocenters. The maximum absolute atomic E-state index is 14.2. The van der Waals surface area contributed by atoms with E-state index in [1.807, 2.05) is 60.9 Å². The van der Waals surface area contributed by atoms with Crippen LogP contribution in [0.1, 0.15) is 25.0 Å². The number of piperazine rings is 1. The second-order valence-corrected chi connectivity index (χ2v) is 9.46. The van der Waals surface area contributed by atoms with E-state index in [4.69, 9.17) is 4.98 Å². The second kappa shape index (κ2) is 10.7. The third-order valence-corrected chi connectivity index (χ3v) is 7.12. The Bertz CT molecular complexity index is 1270. The Labute approximate surface area is 204 Å². The molecule has 34 heavy (non-hydrogen) atoms.